The van der Waals surface area contributed by atoms with Gasteiger partial charge in [-0.25, -0.2) is 4.79 Å². The van der Waals surface area contributed by atoms with Crippen molar-refractivity contribution < 1.29 is 9.90 Å². The number of amides is 2. The number of aliphatic hydroxyl groups is 1. The van der Waals surface area contributed by atoms with Crippen LogP contribution in [-0.4, -0.2) is 42.3 Å². The summed E-state index contributed by atoms with van der Waals surface area (Å²) in [4.78, 5) is 12.7. The van der Waals surface area contributed by atoms with Crippen molar-refractivity contribution in [2.24, 2.45) is 5.92 Å². The molecular formula is C7H14N2O2. The molecule has 1 saturated heterocycles. The van der Waals surface area contributed by atoms with Crippen LogP contribution in [0.5, 0.6) is 0 Å². The molecule has 1 aliphatic heterocycles. The molecule has 1 atom stereocenters. The molecule has 11 heavy (non-hydrogen) atoms. The number of nitrogens with one attached hydrogen (secondary N) is 1. The van der Waals surface area contributed by atoms with Crippen LogP contribution in [0.1, 0.15) is 6.92 Å². The van der Waals surface area contributed by atoms with Gasteiger partial charge in [-0.15, -0.1) is 0 Å². The van der Waals surface area contributed by atoms with Crippen molar-refractivity contribution in [1.82, 2.24) is 10.2 Å². The van der Waals surface area contributed by atoms with E-state index < -0.39 is 0 Å². The summed E-state index contributed by atoms with van der Waals surface area (Å²) >= 11 is 0. The smallest absolute Gasteiger partial charge is 0.317 e. The molecule has 2 amide bonds. The first kappa shape index (κ1) is 8.33. The van der Waals surface area contributed by atoms with E-state index in [0.717, 1.165) is 13.1 Å². The van der Waals surface area contributed by atoms with Crippen molar-refractivity contribution in [3.63, 3.8) is 0 Å². The molecule has 1 aliphatic rings. The van der Waals surface area contributed by atoms with E-state index in [1.165, 1.54) is 0 Å². The van der Waals surface area contributed by atoms with Crippen LogP contribution in [0.4, 0.5) is 4.79 Å². The second kappa shape index (κ2) is 3.57. The van der Waals surface area contributed by atoms with Crippen molar-refractivity contribution in [3.8, 4) is 0 Å². The highest BCUT2D eigenvalue weighted by Crippen LogP contribution is 2.02. The standard InChI is InChI=1S/C7H14N2O2/c1-6(5-10)4-9-3-2-8-7(9)11/h6,10H,2-5H2,1H3,(H,8,11). The van der Waals surface area contributed by atoms with E-state index in [0.29, 0.717) is 6.54 Å². The SMILES string of the molecule is CC(CO)CN1CCNC1=O. The molecule has 0 aromatic rings. The molecule has 0 aromatic carbocycles. The van der Waals surface area contributed by atoms with Crippen molar-refractivity contribution in [2.45, 2.75) is 6.92 Å². The molecule has 0 saturated carbocycles. The van der Waals surface area contributed by atoms with E-state index in [1.807, 2.05) is 6.92 Å². The summed E-state index contributed by atoms with van der Waals surface area (Å²) in [5.74, 6) is 0.179. The molecule has 1 fully saturated rings. The minimum absolute atomic E-state index is 0.00898. The Bertz CT molecular complexity index is 149. The second-order valence-electron chi connectivity index (χ2n) is 2.97. The molecule has 4 heteroatoms. The van der Waals surface area contributed by atoms with Crippen LogP contribution in [0.2, 0.25) is 0 Å². The Labute approximate surface area is 66.2 Å². The van der Waals surface area contributed by atoms with Gasteiger partial charge >= 0.3 is 6.03 Å². The average molecular weight is 158 g/mol. The van der Waals surface area contributed by atoms with Gasteiger partial charge < -0.3 is 15.3 Å². The van der Waals surface area contributed by atoms with Gasteiger partial charge in [0, 0.05) is 26.2 Å². The third-order valence-corrected chi connectivity index (χ3v) is 1.79. The molecule has 0 spiro atoms. The Morgan fingerprint density at radius 2 is 2.55 bits per heavy atom. The average Bonchev–Trinajstić information content (AvgIpc) is 2.37. The Balaban J connectivity index is 2.30. The van der Waals surface area contributed by atoms with E-state index in [1.54, 1.807) is 4.90 Å². The van der Waals surface area contributed by atoms with Crippen LogP contribution in [-0.2, 0) is 0 Å². The molecule has 64 valence electrons. The number of rotatable bonds is 3. The Kier molecular flexibility index (Phi) is 2.70. The fraction of sp³-hybridized carbons (Fsp3) is 0.857. The lowest BCUT2D eigenvalue weighted by atomic mass is 10.2. The van der Waals surface area contributed by atoms with Crippen LogP contribution in [0.3, 0.4) is 0 Å². The maximum atomic E-state index is 11.0. The maximum Gasteiger partial charge on any atom is 0.317 e. The van der Waals surface area contributed by atoms with Gasteiger partial charge in [0.25, 0.3) is 0 Å². The third-order valence-electron chi connectivity index (χ3n) is 1.79. The molecule has 0 aromatic heterocycles. The van der Waals surface area contributed by atoms with Crippen LogP contribution >= 0.6 is 0 Å². The maximum absolute atomic E-state index is 11.0. The monoisotopic (exact) mass is 158 g/mol. The molecule has 0 bridgehead atoms. The lowest BCUT2D eigenvalue weighted by molar-refractivity contribution is 0.183. The summed E-state index contributed by atoms with van der Waals surface area (Å²) in [6.45, 7) is 4.22. The van der Waals surface area contributed by atoms with E-state index in [4.69, 9.17) is 5.11 Å². The molecule has 4 nitrogen and oxygen atoms in total. The van der Waals surface area contributed by atoms with Gasteiger partial charge in [-0.05, 0) is 5.92 Å². The number of carbonyl (C=O) groups is 1. The van der Waals surface area contributed by atoms with Crippen LogP contribution < -0.4 is 5.32 Å². The highest BCUT2D eigenvalue weighted by Gasteiger charge is 2.20. The number of hydrogen-bond donors (Lipinski definition) is 2. The third kappa shape index (κ3) is 2.08. The quantitative estimate of drug-likeness (QED) is 0.589. The minimum Gasteiger partial charge on any atom is -0.396 e. The number of hydrogen-bond acceptors (Lipinski definition) is 2. The summed E-state index contributed by atoms with van der Waals surface area (Å²) in [7, 11) is 0. The fourth-order valence-electron chi connectivity index (χ4n) is 1.12. The minimum atomic E-state index is -0.00898. The number of carbonyl (C=O) groups excluding carboxylic acids is 1. The van der Waals surface area contributed by atoms with E-state index >= 15 is 0 Å². The topological polar surface area (TPSA) is 52.6 Å². The van der Waals surface area contributed by atoms with Crippen LogP contribution in [0.15, 0.2) is 0 Å². The molecule has 2 N–H and O–H groups in total. The normalized spacial score (nSPS) is 20.2. The van der Waals surface area contributed by atoms with Crippen molar-refractivity contribution in [3.05, 3.63) is 0 Å². The van der Waals surface area contributed by atoms with E-state index in [-0.39, 0.29) is 18.6 Å². The summed E-state index contributed by atoms with van der Waals surface area (Å²) in [5.41, 5.74) is 0. The summed E-state index contributed by atoms with van der Waals surface area (Å²) in [5, 5.41) is 11.4. The van der Waals surface area contributed by atoms with Crippen molar-refractivity contribution in [2.75, 3.05) is 26.2 Å². The zero-order valence-electron chi connectivity index (χ0n) is 6.71. The largest absolute Gasteiger partial charge is 0.396 e. The molecule has 0 radical (unpaired) electrons. The highest BCUT2D eigenvalue weighted by atomic mass is 16.3. The van der Waals surface area contributed by atoms with Crippen LogP contribution in [0, 0.1) is 5.92 Å². The number of nitrogens with zero attached hydrogens (tertiary/aromatic N) is 1. The summed E-state index contributed by atoms with van der Waals surface area (Å²) in [6, 6.07) is -0.00898. The summed E-state index contributed by atoms with van der Waals surface area (Å²) < 4.78 is 0. The zero-order valence-corrected chi connectivity index (χ0v) is 6.71. The second-order valence-corrected chi connectivity index (χ2v) is 2.97. The van der Waals surface area contributed by atoms with Crippen LogP contribution in [0.25, 0.3) is 0 Å². The predicted octanol–water partition coefficient (Wildman–Crippen LogP) is -0.360. The van der Waals surface area contributed by atoms with Gasteiger partial charge in [0.2, 0.25) is 0 Å². The van der Waals surface area contributed by atoms with Gasteiger partial charge in [0.1, 0.15) is 0 Å². The first-order valence-electron chi connectivity index (χ1n) is 3.87. The van der Waals surface area contributed by atoms with Gasteiger partial charge in [-0.1, -0.05) is 6.92 Å². The summed E-state index contributed by atoms with van der Waals surface area (Å²) in [6.07, 6.45) is 0. The fourth-order valence-corrected chi connectivity index (χ4v) is 1.12. The zero-order chi connectivity index (χ0) is 8.27. The van der Waals surface area contributed by atoms with Gasteiger partial charge in [0.15, 0.2) is 0 Å². The Morgan fingerprint density at radius 1 is 1.82 bits per heavy atom. The highest BCUT2D eigenvalue weighted by molar-refractivity contribution is 5.76. The van der Waals surface area contributed by atoms with Crippen molar-refractivity contribution >= 4 is 6.03 Å². The lowest BCUT2D eigenvalue weighted by Crippen LogP contribution is -2.32. The lowest BCUT2D eigenvalue weighted by Gasteiger charge is -2.17. The Morgan fingerprint density at radius 3 is 3.00 bits per heavy atom. The number of urea groups is 1. The van der Waals surface area contributed by atoms with Gasteiger partial charge in [-0.3, -0.25) is 0 Å². The van der Waals surface area contributed by atoms with Gasteiger partial charge in [-0.2, -0.15) is 0 Å². The molecular weight excluding hydrogens is 144 g/mol. The van der Waals surface area contributed by atoms with Crippen molar-refractivity contribution in [1.29, 1.82) is 0 Å². The van der Waals surface area contributed by atoms with E-state index in [2.05, 4.69) is 5.32 Å². The van der Waals surface area contributed by atoms with E-state index in [9.17, 15) is 4.79 Å². The molecule has 1 heterocycles. The Hall–Kier alpha value is -0.770. The molecule has 1 rings (SSSR count). The number of aliphatic hydroxyl groups excluding tert-OH is 1. The molecule has 0 aliphatic carbocycles. The molecule has 1 unspecified atom stereocenters. The first-order valence-corrected chi connectivity index (χ1v) is 3.87. The first-order chi connectivity index (χ1) is 5.24. The predicted molar refractivity (Wildman–Crippen MR) is 41.2 cm³/mol. The van der Waals surface area contributed by atoms with Gasteiger partial charge in [0.05, 0.1) is 0 Å².